The van der Waals surface area contributed by atoms with Gasteiger partial charge < -0.3 is 4.57 Å². The normalized spacial score (nSPS) is 17.3. The second-order valence-corrected chi connectivity index (χ2v) is 6.27. The molecule has 2 nitrogen and oxygen atoms in total. The van der Waals surface area contributed by atoms with Crippen LogP contribution in [0.25, 0.3) is 0 Å². The highest BCUT2D eigenvalue weighted by atomic mass is 35.5. The van der Waals surface area contributed by atoms with Crippen molar-refractivity contribution in [1.82, 2.24) is 4.57 Å². The molecule has 0 unspecified atom stereocenters. The Hall–Kier alpha value is -1.06. The third-order valence-corrected chi connectivity index (χ3v) is 4.96. The van der Waals surface area contributed by atoms with E-state index in [-0.39, 0.29) is 0 Å². The molecule has 100 valence electrons. The second kappa shape index (κ2) is 5.51. The molecule has 1 fully saturated rings. The molecule has 19 heavy (non-hydrogen) atoms. The van der Waals surface area contributed by atoms with Gasteiger partial charge in [-0.3, -0.25) is 0 Å². The smallest absolute Gasteiger partial charge is 0.190 e. The van der Waals surface area contributed by atoms with E-state index in [0.717, 1.165) is 10.5 Å². The maximum absolute atomic E-state index is 6.19. The maximum atomic E-state index is 6.19. The van der Waals surface area contributed by atoms with Crippen molar-refractivity contribution < 1.29 is 0 Å². The minimum atomic E-state index is 0.618. The molecule has 0 atom stereocenters. The van der Waals surface area contributed by atoms with Gasteiger partial charge in [0.25, 0.3) is 0 Å². The van der Waals surface area contributed by atoms with E-state index in [1.807, 2.05) is 24.3 Å². The van der Waals surface area contributed by atoms with Gasteiger partial charge in [-0.15, -0.1) is 11.3 Å². The molecule has 0 saturated heterocycles. The van der Waals surface area contributed by atoms with Crippen LogP contribution in [-0.4, -0.2) is 4.57 Å². The van der Waals surface area contributed by atoms with Gasteiger partial charge in [-0.2, -0.15) is 0 Å². The minimum Gasteiger partial charge on any atom is -0.318 e. The Balaban J connectivity index is 2.08. The summed E-state index contributed by atoms with van der Waals surface area (Å²) in [5.41, 5.74) is 2.17. The lowest BCUT2D eigenvalue weighted by Crippen LogP contribution is -2.20. The second-order valence-electron chi connectivity index (χ2n) is 5.03. The molecule has 3 rings (SSSR count). The van der Waals surface area contributed by atoms with Crippen molar-refractivity contribution >= 4 is 28.6 Å². The average molecular weight is 293 g/mol. The van der Waals surface area contributed by atoms with E-state index < -0.39 is 0 Å². The lowest BCUT2D eigenvalue weighted by atomic mass is 10.2. The number of aryl methyl sites for hydroxylation is 1. The van der Waals surface area contributed by atoms with Crippen LogP contribution >= 0.6 is 22.9 Å². The molecule has 1 aromatic heterocycles. The van der Waals surface area contributed by atoms with Crippen molar-refractivity contribution in [3.05, 3.63) is 45.2 Å². The van der Waals surface area contributed by atoms with Crippen LogP contribution in [0.15, 0.2) is 34.6 Å². The van der Waals surface area contributed by atoms with Crippen molar-refractivity contribution in [3.63, 3.8) is 0 Å². The zero-order chi connectivity index (χ0) is 13.2. The third kappa shape index (κ3) is 2.63. The first-order chi connectivity index (χ1) is 9.25. The summed E-state index contributed by atoms with van der Waals surface area (Å²) >= 11 is 7.90. The van der Waals surface area contributed by atoms with Crippen LogP contribution in [0.3, 0.4) is 0 Å². The first-order valence-corrected chi connectivity index (χ1v) is 7.97. The Kier molecular flexibility index (Phi) is 3.76. The first-order valence-electron chi connectivity index (χ1n) is 6.71. The van der Waals surface area contributed by atoms with Gasteiger partial charge in [-0.1, -0.05) is 36.6 Å². The lowest BCUT2D eigenvalue weighted by Gasteiger charge is -2.13. The fourth-order valence-electron chi connectivity index (χ4n) is 2.73. The zero-order valence-electron chi connectivity index (χ0n) is 11.0. The van der Waals surface area contributed by atoms with E-state index in [4.69, 9.17) is 16.6 Å². The van der Waals surface area contributed by atoms with Crippen LogP contribution in [0.1, 0.15) is 37.4 Å². The number of rotatable bonds is 2. The van der Waals surface area contributed by atoms with Gasteiger partial charge in [0.1, 0.15) is 0 Å². The standard InChI is InChI=1S/C15H17ClN2S/c1-11-10-19-15(18(11)12-6-2-3-7-12)17-14-9-5-4-8-13(14)16/h4-5,8-10,12H,2-3,6-7H2,1H3. The van der Waals surface area contributed by atoms with Crippen LogP contribution in [0.5, 0.6) is 0 Å². The van der Waals surface area contributed by atoms with Crippen molar-refractivity contribution in [2.24, 2.45) is 4.99 Å². The van der Waals surface area contributed by atoms with Crippen LogP contribution in [0, 0.1) is 6.92 Å². The number of hydrogen-bond donors (Lipinski definition) is 0. The number of nitrogens with zero attached hydrogens (tertiary/aromatic N) is 2. The van der Waals surface area contributed by atoms with E-state index in [9.17, 15) is 0 Å². The van der Waals surface area contributed by atoms with Crippen molar-refractivity contribution in [2.75, 3.05) is 0 Å². The lowest BCUT2D eigenvalue weighted by molar-refractivity contribution is 0.496. The minimum absolute atomic E-state index is 0.618. The fraction of sp³-hybridized carbons (Fsp3) is 0.400. The molecule has 0 bridgehead atoms. The molecule has 0 radical (unpaired) electrons. The number of para-hydroxylation sites is 1. The van der Waals surface area contributed by atoms with Crippen LogP contribution in [-0.2, 0) is 0 Å². The Morgan fingerprint density at radius 3 is 2.74 bits per heavy atom. The molecule has 1 saturated carbocycles. The summed E-state index contributed by atoms with van der Waals surface area (Å²) in [6, 6.07) is 8.39. The number of halogens is 1. The molecule has 1 aliphatic carbocycles. The van der Waals surface area contributed by atoms with E-state index in [0.29, 0.717) is 11.1 Å². The van der Waals surface area contributed by atoms with Gasteiger partial charge in [0, 0.05) is 17.1 Å². The van der Waals surface area contributed by atoms with Crippen molar-refractivity contribution in [1.29, 1.82) is 0 Å². The van der Waals surface area contributed by atoms with Crippen molar-refractivity contribution in [3.8, 4) is 0 Å². The number of thiazole rings is 1. The molecular formula is C15H17ClN2S. The molecule has 0 spiro atoms. The summed E-state index contributed by atoms with van der Waals surface area (Å²) in [5.74, 6) is 0. The third-order valence-electron chi connectivity index (χ3n) is 3.68. The molecule has 1 aliphatic rings. The van der Waals surface area contributed by atoms with Gasteiger partial charge in [-0.05, 0) is 31.9 Å². The monoisotopic (exact) mass is 292 g/mol. The molecule has 0 aliphatic heterocycles. The Morgan fingerprint density at radius 1 is 1.26 bits per heavy atom. The van der Waals surface area contributed by atoms with Crippen molar-refractivity contribution in [2.45, 2.75) is 38.6 Å². The molecule has 1 heterocycles. The number of hydrogen-bond acceptors (Lipinski definition) is 2. The summed E-state index contributed by atoms with van der Waals surface area (Å²) in [6.07, 6.45) is 5.21. The SMILES string of the molecule is Cc1csc(=Nc2ccccc2Cl)n1C1CCCC1. The maximum Gasteiger partial charge on any atom is 0.190 e. The van der Waals surface area contributed by atoms with Gasteiger partial charge >= 0.3 is 0 Å². The van der Waals surface area contributed by atoms with Crippen LogP contribution < -0.4 is 4.80 Å². The van der Waals surface area contributed by atoms with E-state index in [2.05, 4.69) is 16.9 Å². The highest BCUT2D eigenvalue weighted by Gasteiger charge is 2.19. The highest BCUT2D eigenvalue weighted by Crippen LogP contribution is 2.30. The zero-order valence-corrected chi connectivity index (χ0v) is 12.5. The quantitative estimate of drug-likeness (QED) is 0.752. The van der Waals surface area contributed by atoms with E-state index >= 15 is 0 Å². The molecule has 1 aromatic carbocycles. The van der Waals surface area contributed by atoms with Gasteiger partial charge in [0.2, 0.25) is 0 Å². The van der Waals surface area contributed by atoms with Crippen LogP contribution in [0.4, 0.5) is 5.69 Å². The predicted octanol–water partition coefficient (Wildman–Crippen LogP) is 4.86. The summed E-state index contributed by atoms with van der Waals surface area (Å²) in [5, 5.41) is 2.90. The Morgan fingerprint density at radius 2 is 2.00 bits per heavy atom. The average Bonchev–Trinajstić information content (AvgIpc) is 3.02. The fourth-order valence-corrected chi connectivity index (χ4v) is 3.86. The van der Waals surface area contributed by atoms with Gasteiger partial charge in [-0.25, -0.2) is 4.99 Å². The summed E-state index contributed by atoms with van der Waals surface area (Å²) in [6.45, 7) is 2.17. The molecule has 2 aromatic rings. The predicted molar refractivity (Wildman–Crippen MR) is 81.2 cm³/mol. The van der Waals surface area contributed by atoms with E-state index in [1.54, 1.807) is 11.3 Å². The largest absolute Gasteiger partial charge is 0.318 e. The molecule has 0 amide bonds. The van der Waals surface area contributed by atoms with Crippen LogP contribution in [0.2, 0.25) is 5.02 Å². The highest BCUT2D eigenvalue weighted by molar-refractivity contribution is 7.07. The summed E-state index contributed by atoms with van der Waals surface area (Å²) in [7, 11) is 0. The Labute approximate surface area is 122 Å². The summed E-state index contributed by atoms with van der Waals surface area (Å²) < 4.78 is 2.39. The topological polar surface area (TPSA) is 17.3 Å². The van der Waals surface area contributed by atoms with E-state index in [1.165, 1.54) is 31.4 Å². The summed E-state index contributed by atoms with van der Waals surface area (Å²) in [4.78, 5) is 5.82. The van der Waals surface area contributed by atoms with Gasteiger partial charge in [0.05, 0.1) is 10.7 Å². The molecule has 0 N–H and O–H groups in total. The Bertz CT molecular complexity index is 636. The first kappa shape index (κ1) is 12.9. The van der Waals surface area contributed by atoms with Gasteiger partial charge in [0.15, 0.2) is 4.80 Å². The molecular weight excluding hydrogens is 276 g/mol. The number of benzene rings is 1. The number of aromatic nitrogens is 1. The molecule has 4 heteroatoms.